The normalized spacial score (nSPS) is 24.7. The molecule has 0 bridgehead atoms. The molecule has 0 aromatic carbocycles. The van der Waals surface area contributed by atoms with Crippen molar-refractivity contribution in [3.05, 3.63) is 0 Å². The minimum atomic E-state index is 0.243. The number of methoxy groups -OCH3 is 1. The summed E-state index contributed by atoms with van der Waals surface area (Å²) in [4.78, 5) is 0. The van der Waals surface area contributed by atoms with Crippen molar-refractivity contribution in [2.45, 2.75) is 18.3 Å². The van der Waals surface area contributed by atoms with Gasteiger partial charge in [-0.3, -0.25) is 0 Å². The Kier molecular flexibility index (Phi) is 3.45. The van der Waals surface area contributed by atoms with Crippen LogP contribution in [0.25, 0.3) is 0 Å². The highest BCUT2D eigenvalue weighted by molar-refractivity contribution is 8.22. The van der Waals surface area contributed by atoms with Crippen LogP contribution in [0.15, 0.2) is 0 Å². The highest BCUT2D eigenvalue weighted by atomic mass is 32.2. The molecule has 58 valence electrons. The molecule has 0 saturated carbocycles. The lowest BCUT2D eigenvalue weighted by Crippen LogP contribution is -2.03. The molecule has 4 heteroatoms. The minimum absolute atomic E-state index is 0.243. The smallest absolute Gasteiger partial charge is 0.222 e. The molecule has 10 heavy (non-hydrogen) atoms. The van der Waals surface area contributed by atoms with Crippen molar-refractivity contribution in [1.82, 2.24) is 0 Å². The molecule has 0 spiro atoms. The Morgan fingerprint density at radius 2 is 2.60 bits per heavy atom. The maximum atomic E-state index is 5.32. The van der Waals surface area contributed by atoms with E-state index in [0.29, 0.717) is 4.38 Å². The van der Waals surface area contributed by atoms with Gasteiger partial charge in [-0.05, 0) is 36.8 Å². The zero-order chi connectivity index (χ0) is 7.40. The Hall–Kier alpha value is 0.200. The van der Waals surface area contributed by atoms with E-state index in [1.54, 1.807) is 7.11 Å². The van der Waals surface area contributed by atoms with Gasteiger partial charge in [-0.2, -0.15) is 0 Å². The maximum absolute atomic E-state index is 5.32. The lowest BCUT2D eigenvalue weighted by atomic mass is 10.4. The maximum Gasteiger partial charge on any atom is 0.222 e. The molecule has 1 unspecified atom stereocenters. The molecule has 1 aliphatic rings. The van der Waals surface area contributed by atoms with Gasteiger partial charge in [-0.15, -0.1) is 0 Å². The first-order valence-corrected chi connectivity index (χ1v) is 4.48. The lowest BCUT2D eigenvalue weighted by Gasteiger charge is -2.07. The Labute approximate surface area is 70.3 Å². The molecule has 1 fully saturated rings. The highest BCUT2D eigenvalue weighted by Crippen LogP contribution is 2.24. The van der Waals surface area contributed by atoms with E-state index in [-0.39, 0.29) is 5.44 Å². The Morgan fingerprint density at radius 1 is 1.80 bits per heavy atom. The van der Waals surface area contributed by atoms with Gasteiger partial charge in [0.15, 0.2) is 0 Å². The molecule has 0 aromatic heterocycles. The second-order valence-corrected chi connectivity index (χ2v) is 3.78. The van der Waals surface area contributed by atoms with Crippen molar-refractivity contribution < 1.29 is 9.47 Å². The van der Waals surface area contributed by atoms with Crippen LogP contribution in [0.2, 0.25) is 0 Å². The molecule has 0 aliphatic carbocycles. The standard InChI is InChI=1S/C6H10O2S2/c1-7-6(9)10-5-3-2-4-8-5/h5H,2-4H2,1H3. The van der Waals surface area contributed by atoms with Crippen LogP contribution < -0.4 is 0 Å². The predicted octanol–water partition coefficient (Wildman–Crippen LogP) is 1.79. The summed E-state index contributed by atoms with van der Waals surface area (Å²) >= 11 is 6.35. The number of ether oxygens (including phenoxy) is 2. The van der Waals surface area contributed by atoms with Crippen molar-refractivity contribution >= 4 is 28.4 Å². The number of hydrogen-bond acceptors (Lipinski definition) is 4. The van der Waals surface area contributed by atoms with E-state index in [1.165, 1.54) is 11.8 Å². The molecule has 0 aromatic rings. The van der Waals surface area contributed by atoms with Crippen molar-refractivity contribution in [3.8, 4) is 0 Å². The van der Waals surface area contributed by atoms with Crippen LogP contribution in [0, 0.1) is 0 Å². The van der Waals surface area contributed by atoms with Crippen molar-refractivity contribution in [2.75, 3.05) is 13.7 Å². The number of thiocarbonyl (C=S) groups is 1. The van der Waals surface area contributed by atoms with Gasteiger partial charge in [0.1, 0.15) is 5.44 Å². The summed E-state index contributed by atoms with van der Waals surface area (Å²) in [7, 11) is 1.59. The van der Waals surface area contributed by atoms with Crippen LogP contribution in [0.5, 0.6) is 0 Å². The summed E-state index contributed by atoms with van der Waals surface area (Å²) in [6, 6.07) is 0. The van der Waals surface area contributed by atoms with Gasteiger partial charge < -0.3 is 9.47 Å². The number of rotatable bonds is 1. The predicted molar refractivity (Wildman–Crippen MR) is 46.2 cm³/mol. The summed E-state index contributed by atoms with van der Waals surface area (Å²) in [5.41, 5.74) is 0.243. The molecule has 0 radical (unpaired) electrons. The van der Waals surface area contributed by atoms with E-state index >= 15 is 0 Å². The van der Waals surface area contributed by atoms with Crippen LogP contribution in [-0.2, 0) is 9.47 Å². The van der Waals surface area contributed by atoms with Crippen LogP contribution >= 0.6 is 24.0 Å². The SMILES string of the molecule is COC(=S)SC1CCCO1. The second-order valence-electron chi connectivity index (χ2n) is 2.01. The van der Waals surface area contributed by atoms with Gasteiger partial charge in [0.25, 0.3) is 0 Å². The van der Waals surface area contributed by atoms with Gasteiger partial charge >= 0.3 is 0 Å². The highest BCUT2D eigenvalue weighted by Gasteiger charge is 2.17. The van der Waals surface area contributed by atoms with Gasteiger partial charge in [0.05, 0.1) is 7.11 Å². The van der Waals surface area contributed by atoms with E-state index in [4.69, 9.17) is 21.7 Å². The quantitative estimate of drug-likeness (QED) is 0.570. The first-order valence-electron chi connectivity index (χ1n) is 3.19. The Morgan fingerprint density at radius 3 is 3.10 bits per heavy atom. The van der Waals surface area contributed by atoms with E-state index in [2.05, 4.69) is 0 Å². The van der Waals surface area contributed by atoms with Crippen LogP contribution in [0.4, 0.5) is 0 Å². The fraction of sp³-hybridized carbons (Fsp3) is 0.833. The van der Waals surface area contributed by atoms with Crippen LogP contribution in [0.3, 0.4) is 0 Å². The zero-order valence-corrected chi connectivity index (χ0v) is 7.46. The van der Waals surface area contributed by atoms with Crippen LogP contribution in [0.1, 0.15) is 12.8 Å². The van der Waals surface area contributed by atoms with Crippen molar-refractivity contribution in [1.29, 1.82) is 0 Å². The van der Waals surface area contributed by atoms with Gasteiger partial charge in [0, 0.05) is 6.61 Å². The molecule has 1 saturated heterocycles. The lowest BCUT2D eigenvalue weighted by molar-refractivity contribution is 0.174. The van der Waals surface area contributed by atoms with E-state index in [9.17, 15) is 0 Å². The molecule has 1 heterocycles. The van der Waals surface area contributed by atoms with Gasteiger partial charge in [-0.1, -0.05) is 0 Å². The van der Waals surface area contributed by atoms with E-state index in [0.717, 1.165) is 19.4 Å². The Bertz CT molecular complexity index is 121. The monoisotopic (exact) mass is 178 g/mol. The molecule has 0 amide bonds. The summed E-state index contributed by atoms with van der Waals surface area (Å²) in [5.74, 6) is 0. The fourth-order valence-electron chi connectivity index (χ4n) is 0.796. The number of thioether (sulfide) groups is 1. The van der Waals surface area contributed by atoms with Gasteiger partial charge in [-0.25, -0.2) is 0 Å². The summed E-state index contributed by atoms with van der Waals surface area (Å²) in [6.45, 7) is 0.865. The van der Waals surface area contributed by atoms with Crippen LogP contribution in [-0.4, -0.2) is 23.5 Å². The first kappa shape index (κ1) is 8.30. The van der Waals surface area contributed by atoms with Crippen molar-refractivity contribution in [2.24, 2.45) is 0 Å². The van der Waals surface area contributed by atoms with Crippen molar-refractivity contribution in [3.63, 3.8) is 0 Å². The average molecular weight is 178 g/mol. The molecule has 1 atom stereocenters. The molecular weight excluding hydrogens is 168 g/mol. The summed E-state index contributed by atoms with van der Waals surface area (Å²) in [6.07, 6.45) is 2.23. The largest absolute Gasteiger partial charge is 0.482 e. The first-order chi connectivity index (χ1) is 4.83. The molecule has 2 nitrogen and oxygen atoms in total. The number of hydrogen-bond donors (Lipinski definition) is 0. The zero-order valence-electron chi connectivity index (χ0n) is 5.83. The summed E-state index contributed by atoms with van der Waals surface area (Å²) in [5, 5.41) is 0. The molecule has 1 aliphatic heterocycles. The third kappa shape index (κ3) is 2.44. The van der Waals surface area contributed by atoms with E-state index in [1.807, 2.05) is 0 Å². The van der Waals surface area contributed by atoms with E-state index < -0.39 is 0 Å². The second kappa shape index (κ2) is 4.16. The minimum Gasteiger partial charge on any atom is -0.482 e. The molecule has 0 N–H and O–H groups in total. The molecular formula is C6H10O2S2. The molecule has 1 rings (SSSR count). The summed E-state index contributed by atoms with van der Waals surface area (Å²) < 4.78 is 10.7. The topological polar surface area (TPSA) is 18.5 Å². The average Bonchev–Trinajstić information content (AvgIpc) is 2.40. The van der Waals surface area contributed by atoms with Gasteiger partial charge in [0.2, 0.25) is 4.38 Å². The third-order valence-electron chi connectivity index (χ3n) is 1.28. The fourth-order valence-corrected chi connectivity index (χ4v) is 1.88. The third-order valence-corrected chi connectivity index (χ3v) is 2.73. The Balaban J connectivity index is 2.17.